The van der Waals surface area contributed by atoms with E-state index in [4.69, 9.17) is 11.6 Å². The minimum absolute atomic E-state index is 0. The molecule has 2 aromatic heterocycles. The normalized spacial score (nSPS) is 16.1. The molecule has 1 fully saturated rings. The molecule has 1 saturated heterocycles. The molecule has 19 heavy (non-hydrogen) atoms. The van der Waals surface area contributed by atoms with Gasteiger partial charge in [0.25, 0.3) is 0 Å². The summed E-state index contributed by atoms with van der Waals surface area (Å²) in [5.74, 6) is 2.01. The number of rotatable bonds is 2. The summed E-state index contributed by atoms with van der Waals surface area (Å²) in [6.07, 6.45) is 2.17. The van der Waals surface area contributed by atoms with Crippen LogP contribution < -0.4 is 5.32 Å². The minimum Gasteiger partial charge on any atom is -0.317 e. The molecule has 7 heteroatoms. The topological polar surface area (TPSA) is 66.5 Å². The molecule has 0 amide bonds. The molecular weight excluding hydrogens is 285 g/mol. The van der Waals surface area contributed by atoms with Gasteiger partial charge in [-0.15, -0.1) is 12.4 Å². The summed E-state index contributed by atoms with van der Waals surface area (Å²) in [7, 11) is 0. The van der Waals surface area contributed by atoms with E-state index in [1.165, 1.54) is 0 Å². The summed E-state index contributed by atoms with van der Waals surface area (Å²) in [4.78, 5) is 8.75. The molecule has 0 bridgehead atoms. The van der Waals surface area contributed by atoms with Gasteiger partial charge in [0.1, 0.15) is 10.8 Å². The molecule has 3 heterocycles. The standard InChI is InChI=1S/C12H14ClN5.ClH/c13-10-3-1-2-9(15-10)12-16-11(17-18-12)8-4-6-14-7-5-8;/h1-3,8,14H,4-7H2,(H,16,17,18);1H. The van der Waals surface area contributed by atoms with Gasteiger partial charge in [0.05, 0.1) is 0 Å². The van der Waals surface area contributed by atoms with Crippen LogP contribution in [0.3, 0.4) is 0 Å². The molecule has 0 unspecified atom stereocenters. The van der Waals surface area contributed by atoms with Gasteiger partial charge in [-0.25, -0.2) is 9.97 Å². The number of nitrogens with zero attached hydrogens (tertiary/aromatic N) is 3. The van der Waals surface area contributed by atoms with Crippen molar-refractivity contribution >= 4 is 24.0 Å². The molecule has 0 aliphatic carbocycles. The van der Waals surface area contributed by atoms with Crippen molar-refractivity contribution in [2.75, 3.05) is 13.1 Å². The maximum atomic E-state index is 5.87. The molecule has 1 aliphatic heterocycles. The number of H-pyrrole nitrogens is 1. The van der Waals surface area contributed by atoms with E-state index in [1.807, 2.05) is 12.1 Å². The Balaban J connectivity index is 0.00000133. The lowest BCUT2D eigenvalue weighted by Gasteiger charge is -2.19. The SMILES string of the molecule is Cl.Clc1cccc(-c2nc(C3CCNCC3)n[nH]2)n1. The van der Waals surface area contributed by atoms with Gasteiger partial charge in [-0.05, 0) is 38.1 Å². The van der Waals surface area contributed by atoms with Crippen molar-refractivity contribution in [1.82, 2.24) is 25.5 Å². The zero-order valence-electron chi connectivity index (χ0n) is 10.3. The van der Waals surface area contributed by atoms with Crippen molar-refractivity contribution in [2.24, 2.45) is 0 Å². The maximum absolute atomic E-state index is 5.87. The van der Waals surface area contributed by atoms with Crippen LogP contribution in [-0.4, -0.2) is 33.3 Å². The number of halogens is 2. The quantitative estimate of drug-likeness (QED) is 0.836. The summed E-state index contributed by atoms with van der Waals surface area (Å²) < 4.78 is 0. The average molecular weight is 300 g/mol. The fourth-order valence-corrected chi connectivity index (χ4v) is 2.36. The second-order valence-electron chi connectivity index (χ2n) is 4.41. The summed E-state index contributed by atoms with van der Waals surface area (Å²) in [5.41, 5.74) is 0.732. The van der Waals surface area contributed by atoms with Crippen molar-refractivity contribution < 1.29 is 0 Å². The molecule has 0 spiro atoms. The molecule has 0 aromatic carbocycles. The fraction of sp³-hybridized carbons (Fsp3) is 0.417. The van der Waals surface area contributed by atoms with Crippen molar-refractivity contribution in [3.8, 4) is 11.5 Å². The van der Waals surface area contributed by atoms with E-state index >= 15 is 0 Å². The minimum atomic E-state index is 0. The summed E-state index contributed by atoms with van der Waals surface area (Å²) >= 11 is 5.87. The van der Waals surface area contributed by atoms with Gasteiger partial charge in [0.2, 0.25) is 0 Å². The largest absolute Gasteiger partial charge is 0.317 e. The first-order chi connectivity index (χ1) is 8.83. The lowest BCUT2D eigenvalue weighted by atomic mass is 9.98. The van der Waals surface area contributed by atoms with Gasteiger partial charge in [0.15, 0.2) is 11.6 Å². The zero-order chi connectivity index (χ0) is 12.4. The summed E-state index contributed by atoms with van der Waals surface area (Å²) in [6, 6.07) is 5.48. The first-order valence-corrected chi connectivity index (χ1v) is 6.46. The highest BCUT2D eigenvalue weighted by Gasteiger charge is 2.19. The van der Waals surface area contributed by atoms with Crippen LogP contribution in [0.1, 0.15) is 24.6 Å². The van der Waals surface area contributed by atoms with Crippen LogP contribution in [0.15, 0.2) is 18.2 Å². The first kappa shape index (κ1) is 14.2. The molecule has 1 aliphatic rings. The Morgan fingerprint density at radius 1 is 1.16 bits per heavy atom. The maximum Gasteiger partial charge on any atom is 0.174 e. The Hall–Kier alpha value is -1.17. The number of hydrogen-bond acceptors (Lipinski definition) is 4. The van der Waals surface area contributed by atoms with E-state index in [2.05, 4.69) is 25.5 Å². The van der Waals surface area contributed by atoms with Crippen LogP contribution >= 0.6 is 24.0 Å². The van der Waals surface area contributed by atoms with E-state index in [9.17, 15) is 0 Å². The predicted octanol–water partition coefficient (Wildman–Crippen LogP) is 2.41. The smallest absolute Gasteiger partial charge is 0.174 e. The van der Waals surface area contributed by atoms with Gasteiger partial charge in [-0.1, -0.05) is 17.7 Å². The van der Waals surface area contributed by atoms with E-state index in [-0.39, 0.29) is 12.4 Å². The van der Waals surface area contributed by atoms with Crippen molar-refractivity contribution in [3.63, 3.8) is 0 Å². The third-order valence-corrected chi connectivity index (χ3v) is 3.38. The van der Waals surface area contributed by atoms with Crippen LogP contribution in [0.4, 0.5) is 0 Å². The number of aromatic amines is 1. The lowest BCUT2D eigenvalue weighted by molar-refractivity contribution is 0.446. The number of piperidine rings is 1. The van der Waals surface area contributed by atoms with Crippen LogP contribution in [0.25, 0.3) is 11.5 Å². The summed E-state index contributed by atoms with van der Waals surface area (Å²) in [6.45, 7) is 2.06. The second kappa shape index (κ2) is 6.32. The van der Waals surface area contributed by atoms with Gasteiger partial charge >= 0.3 is 0 Å². The molecule has 5 nitrogen and oxygen atoms in total. The monoisotopic (exact) mass is 299 g/mol. The molecule has 2 N–H and O–H groups in total. The van der Waals surface area contributed by atoms with Gasteiger partial charge in [-0.3, -0.25) is 5.10 Å². The van der Waals surface area contributed by atoms with Crippen LogP contribution in [0.2, 0.25) is 5.15 Å². The molecule has 0 saturated carbocycles. The Bertz CT molecular complexity index is 536. The van der Waals surface area contributed by atoms with Crippen molar-refractivity contribution in [1.29, 1.82) is 0 Å². The van der Waals surface area contributed by atoms with E-state index in [1.54, 1.807) is 6.07 Å². The molecule has 0 atom stereocenters. The Morgan fingerprint density at radius 3 is 2.68 bits per heavy atom. The summed E-state index contributed by atoms with van der Waals surface area (Å²) in [5, 5.41) is 11.0. The highest BCUT2D eigenvalue weighted by Crippen LogP contribution is 2.23. The van der Waals surface area contributed by atoms with Crippen LogP contribution in [-0.2, 0) is 0 Å². The lowest BCUT2D eigenvalue weighted by Crippen LogP contribution is -2.27. The highest BCUT2D eigenvalue weighted by molar-refractivity contribution is 6.29. The predicted molar refractivity (Wildman–Crippen MR) is 76.7 cm³/mol. The van der Waals surface area contributed by atoms with Crippen LogP contribution in [0.5, 0.6) is 0 Å². The molecule has 0 radical (unpaired) electrons. The zero-order valence-corrected chi connectivity index (χ0v) is 11.8. The second-order valence-corrected chi connectivity index (χ2v) is 4.80. The Labute approximate surface area is 122 Å². The van der Waals surface area contributed by atoms with E-state index in [0.717, 1.165) is 37.4 Å². The number of aromatic nitrogens is 4. The number of pyridine rings is 1. The van der Waals surface area contributed by atoms with Gasteiger partial charge in [-0.2, -0.15) is 5.10 Å². The van der Waals surface area contributed by atoms with Crippen molar-refractivity contribution in [3.05, 3.63) is 29.2 Å². The Morgan fingerprint density at radius 2 is 1.95 bits per heavy atom. The Kier molecular flexibility index (Phi) is 4.74. The molecule has 2 aromatic rings. The van der Waals surface area contributed by atoms with Gasteiger partial charge < -0.3 is 5.32 Å². The first-order valence-electron chi connectivity index (χ1n) is 6.09. The third kappa shape index (κ3) is 3.23. The van der Waals surface area contributed by atoms with Crippen LogP contribution in [0, 0.1) is 0 Å². The molecular formula is C12H15Cl2N5. The molecule has 102 valence electrons. The number of hydrogen-bond donors (Lipinski definition) is 2. The third-order valence-electron chi connectivity index (χ3n) is 3.16. The average Bonchev–Trinajstić information content (AvgIpc) is 2.89. The van der Waals surface area contributed by atoms with E-state index in [0.29, 0.717) is 16.9 Å². The van der Waals surface area contributed by atoms with Crippen molar-refractivity contribution in [2.45, 2.75) is 18.8 Å². The molecule has 3 rings (SSSR count). The number of nitrogens with one attached hydrogen (secondary N) is 2. The van der Waals surface area contributed by atoms with Gasteiger partial charge in [0, 0.05) is 5.92 Å². The fourth-order valence-electron chi connectivity index (χ4n) is 2.19. The highest BCUT2D eigenvalue weighted by atomic mass is 35.5. The van der Waals surface area contributed by atoms with E-state index < -0.39 is 0 Å².